The molecule has 1 heterocycles. The van der Waals surface area contributed by atoms with Gasteiger partial charge >= 0.3 is 8.56 Å². The highest BCUT2D eigenvalue weighted by Crippen LogP contribution is 2.57. The van der Waals surface area contributed by atoms with Crippen molar-refractivity contribution in [1.82, 2.24) is 0 Å². The van der Waals surface area contributed by atoms with Gasteiger partial charge in [-0.05, 0) is 18.9 Å². The SMILES string of the molecule is C=C(C)[C@H]1O[Si](C(C)(C)C)(C(C)(C)C)O[C@@H]([C@H](C)COCc2ccccc2)[C@@H]1CC. The van der Waals surface area contributed by atoms with Crippen molar-refractivity contribution in [2.24, 2.45) is 11.8 Å². The lowest BCUT2D eigenvalue weighted by molar-refractivity contribution is -0.0931. The number of hydrogen-bond acceptors (Lipinski definition) is 3. The molecule has 1 saturated heterocycles. The van der Waals surface area contributed by atoms with Crippen molar-refractivity contribution in [1.29, 1.82) is 0 Å². The maximum atomic E-state index is 7.15. The Morgan fingerprint density at radius 3 is 2.10 bits per heavy atom. The molecule has 30 heavy (non-hydrogen) atoms. The highest BCUT2D eigenvalue weighted by molar-refractivity contribution is 6.73. The van der Waals surface area contributed by atoms with Gasteiger partial charge < -0.3 is 13.6 Å². The topological polar surface area (TPSA) is 27.7 Å². The van der Waals surface area contributed by atoms with E-state index in [-0.39, 0.29) is 28.2 Å². The molecule has 0 unspecified atom stereocenters. The third kappa shape index (κ3) is 5.27. The smallest absolute Gasteiger partial charge is 0.350 e. The molecule has 1 aromatic carbocycles. The fraction of sp³-hybridized carbons (Fsp3) is 0.692. The molecule has 1 aliphatic rings. The van der Waals surface area contributed by atoms with Gasteiger partial charge in [-0.2, -0.15) is 0 Å². The van der Waals surface area contributed by atoms with Crippen LogP contribution in [0.4, 0.5) is 0 Å². The van der Waals surface area contributed by atoms with Crippen molar-refractivity contribution in [3.8, 4) is 0 Å². The first-order chi connectivity index (χ1) is 13.8. The highest BCUT2D eigenvalue weighted by Gasteiger charge is 2.64. The normalized spacial score (nSPS) is 25.7. The van der Waals surface area contributed by atoms with Crippen molar-refractivity contribution in [3.63, 3.8) is 0 Å². The lowest BCUT2D eigenvalue weighted by Gasteiger charge is -2.58. The van der Waals surface area contributed by atoms with E-state index in [4.69, 9.17) is 13.6 Å². The van der Waals surface area contributed by atoms with Crippen molar-refractivity contribution in [2.75, 3.05) is 6.61 Å². The number of rotatable bonds is 7. The first-order valence-corrected chi connectivity index (χ1v) is 13.3. The molecule has 0 saturated carbocycles. The minimum Gasteiger partial charge on any atom is -0.390 e. The zero-order chi connectivity index (χ0) is 22.7. The lowest BCUT2D eigenvalue weighted by Crippen LogP contribution is -2.67. The van der Waals surface area contributed by atoms with Crippen LogP contribution in [0.3, 0.4) is 0 Å². The molecular formula is C26H44O3Si. The molecule has 1 fully saturated rings. The van der Waals surface area contributed by atoms with E-state index >= 15 is 0 Å². The van der Waals surface area contributed by atoms with Crippen LogP contribution in [-0.2, 0) is 20.2 Å². The van der Waals surface area contributed by atoms with E-state index in [0.717, 1.165) is 12.0 Å². The summed E-state index contributed by atoms with van der Waals surface area (Å²) in [5.41, 5.74) is 2.32. The number of benzene rings is 1. The Kier molecular flexibility index (Phi) is 8.17. The third-order valence-corrected chi connectivity index (χ3v) is 11.5. The van der Waals surface area contributed by atoms with Crippen LogP contribution in [0.5, 0.6) is 0 Å². The summed E-state index contributed by atoms with van der Waals surface area (Å²) in [7, 11) is -2.62. The zero-order valence-electron chi connectivity index (χ0n) is 20.7. The van der Waals surface area contributed by atoms with Gasteiger partial charge in [-0.3, -0.25) is 0 Å². The highest BCUT2D eigenvalue weighted by atomic mass is 28.4. The Hall–Kier alpha value is -0.943. The van der Waals surface area contributed by atoms with Gasteiger partial charge in [0.25, 0.3) is 0 Å². The van der Waals surface area contributed by atoms with E-state index in [1.165, 1.54) is 5.56 Å². The van der Waals surface area contributed by atoms with Gasteiger partial charge in [-0.25, -0.2) is 0 Å². The standard InChI is InChI=1S/C26H44O3Si/c1-11-22-23(19(2)3)28-30(25(5,6)7,26(8,9)10)29-24(22)20(4)17-27-18-21-15-13-12-14-16-21/h12-16,20,22-24H,2,11,17-18H2,1,3-10H3/t20-,22-,23-,24+/m1/s1. The van der Waals surface area contributed by atoms with Crippen molar-refractivity contribution < 1.29 is 13.6 Å². The Balaban J connectivity index is 2.30. The van der Waals surface area contributed by atoms with Gasteiger partial charge in [-0.1, -0.05) is 97.9 Å². The van der Waals surface area contributed by atoms with E-state index < -0.39 is 8.56 Å². The van der Waals surface area contributed by atoms with Crippen LogP contribution in [0.15, 0.2) is 42.5 Å². The average Bonchev–Trinajstić information content (AvgIpc) is 2.65. The quantitative estimate of drug-likeness (QED) is 0.335. The maximum absolute atomic E-state index is 7.15. The maximum Gasteiger partial charge on any atom is 0.350 e. The van der Waals surface area contributed by atoms with E-state index in [9.17, 15) is 0 Å². The average molecular weight is 433 g/mol. The Labute approximate surface area is 186 Å². The van der Waals surface area contributed by atoms with Crippen LogP contribution >= 0.6 is 0 Å². The molecule has 0 aromatic heterocycles. The van der Waals surface area contributed by atoms with Gasteiger partial charge in [0.2, 0.25) is 0 Å². The van der Waals surface area contributed by atoms with Gasteiger partial charge in [0.05, 0.1) is 25.4 Å². The molecule has 0 radical (unpaired) electrons. The van der Waals surface area contributed by atoms with Crippen LogP contribution in [0.25, 0.3) is 0 Å². The molecule has 170 valence electrons. The molecule has 4 heteroatoms. The second-order valence-corrected chi connectivity index (χ2v) is 15.8. The third-order valence-electron chi connectivity index (χ3n) is 6.39. The molecule has 0 spiro atoms. The van der Waals surface area contributed by atoms with Gasteiger partial charge in [0.15, 0.2) is 0 Å². The van der Waals surface area contributed by atoms with Crippen LogP contribution in [-0.4, -0.2) is 27.4 Å². The summed E-state index contributed by atoms with van der Waals surface area (Å²) in [4.78, 5) is 0. The van der Waals surface area contributed by atoms with Crippen LogP contribution in [0.2, 0.25) is 10.1 Å². The Morgan fingerprint density at radius 1 is 1.07 bits per heavy atom. The van der Waals surface area contributed by atoms with Gasteiger partial charge in [-0.15, -0.1) is 0 Å². The monoisotopic (exact) mass is 432 g/mol. The summed E-state index contributed by atoms with van der Waals surface area (Å²) in [6, 6.07) is 10.4. The van der Waals surface area contributed by atoms with Crippen LogP contribution < -0.4 is 0 Å². The second kappa shape index (κ2) is 9.68. The number of hydrogen-bond donors (Lipinski definition) is 0. The van der Waals surface area contributed by atoms with E-state index in [1.807, 2.05) is 6.07 Å². The second-order valence-electron chi connectivity index (χ2n) is 11.1. The summed E-state index contributed by atoms with van der Waals surface area (Å²) in [6.07, 6.45) is 1.14. The Morgan fingerprint density at radius 2 is 1.63 bits per heavy atom. The summed E-state index contributed by atoms with van der Waals surface area (Å²) in [5.74, 6) is 0.573. The first-order valence-electron chi connectivity index (χ1n) is 11.5. The summed E-state index contributed by atoms with van der Waals surface area (Å²) in [5, 5.41) is -0.110. The molecule has 0 N–H and O–H groups in total. The minimum atomic E-state index is -2.62. The van der Waals surface area contributed by atoms with E-state index in [2.05, 4.69) is 93.2 Å². The predicted molar refractivity (Wildman–Crippen MR) is 129 cm³/mol. The van der Waals surface area contributed by atoms with Crippen molar-refractivity contribution >= 4 is 8.56 Å². The minimum absolute atomic E-state index is 0.0374. The number of ether oxygens (including phenoxy) is 1. The van der Waals surface area contributed by atoms with Crippen molar-refractivity contribution in [3.05, 3.63) is 48.0 Å². The molecule has 2 rings (SSSR count). The summed E-state index contributed by atoms with van der Waals surface area (Å²) < 4.78 is 20.3. The molecule has 4 atom stereocenters. The molecule has 1 aliphatic heterocycles. The Bertz CT molecular complexity index is 672. The molecular weight excluding hydrogens is 388 g/mol. The van der Waals surface area contributed by atoms with Crippen molar-refractivity contribution in [2.45, 2.75) is 97.6 Å². The lowest BCUT2D eigenvalue weighted by atomic mass is 9.84. The first kappa shape index (κ1) is 25.3. The molecule has 1 aromatic rings. The molecule has 0 bridgehead atoms. The fourth-order valence-corrected chi connectivity index (χ4v) is 10.3. The predicted octanol–water partition coefficient (Wildman–Crippen LogP) is 7.27. The largest absolute Gasteiger partial charge is 0.390 e. The summed E-state index contributed by atoms with van der Waals surface area (Å²) >= 11 is 0. The molecule has 3 nitrogen and oxygen atoms in total. The van der Waals surface area contributed by atoms with Crippen LogP contribution in [0, 0.1) is 11.8 Å². The fourth-order valence-electron chi connectivity index (χ4n) is 5.06. The van der Waals surface area contributed by atoms with Gasteiger partial charge in [0.1, 0.15) is 0 Å². The summed E-state index contributed by atoms with van der Waals surface area (Å²) in [6.45, 7) is 25.9. The van der Waals surface area contributed by atoms with Crippen LogP contribution in [0.1, 0.15) is 74.3 Å². The van der Waals surface area contributed by atoms with E-state index in [0.29, 0.717) is 19.1 Å². The molecule has 0 aliphatic carbocycles. The van der Waals surface area contributed by atoms with E-state index in [1.54, 1.807) is 0 Å². The zero-order valence-corrected chi connectivity index (χ0v) is 21.7. The van der Waals surface area contributed by atoms with Gasteiger partial charge in [0, 0.05) is 21.9 Å². The molecule has 0 amide bonds.